The SMILES string of the molecule is CC(C)c1ccc2c(C(O)C(=O)O)c[nH]c2c1. The smallest absolute Gasteiger partial charge is 0.337 e. The molecule has 1 heterocycles. The number of aliphatic hydroxyl groups is 1. The van der Waals surface area contributed by atoms with E-state index in [-0.39, 0.29) is 0 Å². The van der Waals surface area contributed by atoms with Crippen molar-refractivity contribution in [2.75, 3.05) is 0 Å². The highest BCUT2D eigenvalue weighted by Crippen LogP contribution is 2.27. The molecule has 0 saturated heterocycles. The van der Waals surface area contributed by atoms with Crippen molar-refractivity contribution in [3.05, 3.63) is 35.5 Å². The van der Waals surface area contributed by atoms with Crippen LogP contribution in [0.2, 0.25) is 0 Å². The number of carboxylic acids is 1. The molecule has 2 rings (SSSR count). The number of H-pyrrole nitrogens is 1. The molecule has 2 aromatic rings. The molecule has 17 heavy (non-hydrogen) atoms. The van der Waals surface area contributed by atoms with Crippen molar-refractivity contribution in [3.63, 3.8) is 0 Å². The number of carbonyl (C=O) groups is 1. The number of benzene rings is 1. The van der Waals surface area contributed by atoms with Gasteiger partial charge >= 0.3 is 5.97 Å². The Balaban J connectivity index is 2.52. The van der Waals surface area contributed by atoms with Gasteiger partial charge in [0.25, 0.3) is 0 Å². The predicted molar refractivity (Wildman–Crippen MR) is 65.0 cm³/mol. The molecular formula is C13H15NO3. The van der Waals surface area contributed by atoms with E-state index in [0.717, 1.165) is 10.9 Å². The summed E-state index contributed by atoms with van der Waals surface area (Å²) in [6, 6.07) is 5.79. The Morgan fingerprint density at radius 2 is 2.06 bits per heavy atom. The van der Waals surface area contributed by atoms with Crippen LogP contribution in [0, 0.1) is 0 Å². The Kier molecular flexibility index (Phi) is 2.90. The molecule has 0 radical (unpaired) electrons. The molecule has 90 valence electrons. The first-order valence-corrected chi connectivity index (χ1v) is 5.52. The number of aromatic nitrogens is 1. The number of aliphatic carboxylic acids is 1. The molecule has 0 aliphatic heterocycles. The zero-order valence-electron chi connectivity index (χ0n) is 9.77. The Labute approximate surface area is 98.9 Å². The van der Waals surface area contributed by atoms with Crippen molar-refractivity contribution < 1.29 is 15.0 Å². The summed E-state index contributed by atoms with van der Waals surface area (Å²) in [5.41, 5.74) is 2.44. The number of aliphatic hydroxyl groups excluding tert-OH is 1. The average Bonchev–Trinajstić information content (AvgIpc) is 2.70. The minimum absolute atomic E-state index is 0.405. The lowest BCUT2D eigenvalue weighted by Gasteiger charge is -2.06. The molecular weight excluding hydrogens is 218 g/mol. The summed E-state index contributed by atoms with van der Waals surface area (Å²) in [6.07, 6.45) is 0.0711. The number of rotatable bonds is 3. The van der Waals surface area contributed by atoms with E-state index in [9.17, 15) is 9.90 Å². The summed E-state index contributed by atoms with van der Waals surface area (Å²) in [4.78, 5) is 13.7. The second-order valence-corrected chi connectivity index (χ2v) is 4.44. The molecule has 0 spiro atoms. The van der Waals surface area contributed by atoms with Crippen molar-refractivity contribution in [2.45, 2.75) is 25.9 Å². The van der Waals surface area contributed by atoms with Crippen LogP contribution in [0.25, 0.3) is 10.9 Å². The fourth-order valence-corrected chi connectivity index (χ4v) is 1.88. The molecule has 1 aromatic carbocycles. The fourth-order valence-electron chi connectivity index (χ4n) is 1.88. The summed E-state index contributed by atoms with van der Waals surface area (Å²) in [6.45, 7) is 4.19. The first kappa shape index (κ1) is 11.7. The standard InChI is InChI=1S/C13H15NO3/c1-7(2)8-3-4-9-10(12(15)13(16)17)6-14-11(9)5-8/h3-7,12,14-15H,1-2H3,(H,16,17). The summed E-state index contributed by atoms with van der Waals surface area (Å²) in [5, 5.41) is 19.1. The van der Waals surface area contributed by atoms with Crippen molar-refractivity contribution in [1.82, 2.24) is 4.98 Å². The van der Waals surface area contributed by atoms with Crippen molar-refractivity contribution in [3.8, 4) is 0 Å². The highest BCUT2D eigenvalue weighted by Gasteiger charge is 2.19. The molecule has 3 N–H and O–H groups in total. The number of hydrogen-bond acceptors (Lipinski definition) is 2. The molecule has 1 aromatic heterocycles. The monoisotopic (exact) mass is 233 g/mol. The zero-order chi connectivity index (χ0) is 12.6. The van der Waals surface area contributed by atoms with Crippen LogP contribution in [-0.4, -0.2) is 21.2 Å². The van der Waals surface area contributed by atoms with Gasteiger partial charge in [-0.2, -0.15) is 0 Å². The molecule has 1 unspecified atom stereocenters. The lowest BCUT2D eigenvalue weighted by atomic mass is 10.0. The van der Waals surface area contributed by atoms with Gasteiger partial charge in [0.2, 0.25) is 0 Å². The molecule has 1 atom stereocenters. The predicted octanol–water partition coefficient (Wildman–Crippen LogP) is 2.41. The maximum absolute atomic E-state index is 10.8. The van der Waals surface area contributed by atoms with E-state index in [2.05, 4.69) is 18.8 Å². The van der Waals surface area contributed by atoms with Crippen LogP contribution in [0.5, 0.6) is 0 Å². The van der Waals surface area contributed by atoms with E-state index < -0.39 is 12.1 Å². The summed E-state index contributed by atoms with van der Waals surface area (Å²) in [5.74, 6) is -0.825. The lowest BCUT2D eigenvalue weighted by Crippen LogP contribution is -2.09. The molecule has 4 heteroatoms. The van der Waals surface area contributed by atoms with E-state index in [1.807, 2.05) is 18.2 Å². The minimum Gasteiger partial charge on any atom is -0.479 e. The van der Waals surface area contributed by atoms with Gasteiger partial charge in [0, 0.05) is 22.7 Å². The lowest BCUT2D eigenvalue weighted by molar-refractivity contribution is -0.146. The highest BCUT2D eigenvalue weighted by atomic mass is 16.4. The fraction of sp³-hybridized carbons (Fsp3) is 0.308. The number of carboxylic acid groups (broad SMARTS) is 1. The van der Waals surface area contributed by atoms with E-state index in [1.165, 1.54) is 5.56 Å². The molecule has 0 aliphatic rings. The van der Waals surface area contributed by atoms with Crippen LogP contribution < -0.4 is 0 Å². The van der Waals surface area contributed by atoms with E-state index >= 15 is 0 Å². The topological polar surface area (TPSA) is 73.3 Å². The molecule has 0 aliphatic carbocycles. The zero-order valence-corrected chi connectivity index (χ0v) is 9.77. The Morgan fingerprint density at radius 1 is 1.35 bits per heavy atom. The number of aromatic amines is 1. The summed E-state index contributed by atoms with van der Waals surface area (Å²) < 4.78 is 0. The minimum atomic E-state index is -1.48. The molecule has 4 nitrogen and oxygen atoms in total. The first-order chi connectivity index (χ1) is 8.00. The van der Waals surface area contributed by atoms with E-state index in [1.54, 1.807) is 6.20 Å². The Hall–Kier alpha value is -1.81. The third kappa shape index (κ3) is 2.03. The van der Waals surface area contributed by atoms with Gasteiger partial charge in [-0.15, -0.1) is 0 Å². The maximum atomic E-state index is 10.8. The second-order valence-electron chi connectivity index (χ2n) is 4.44. The van der Waals surface area contributed by atoms with Crippen LogP contribution in [-0.2, 0) is 4.79 Å². The maximum Gasteiger partial charge on any atom is 0.337 e. The number of nitrogens with one attached hydrogen (secondary N) is 1. The normalized spacial score (nSPS) is 13.2. The Bertz CT molecular complexity index is 557. The number of fused-ring (bicyclic) bond motifs is 1. The molecule has 0 amide bonds. The molecule has 0 fully saturated rings. The van der Waals surface area contributed by atoms with Crippen LogP contribution in [0.3, 0.4) is 0 Å². The van der Waals surface area contributed by atoms with Crippen molar-refractivity contribution >= 4 is 16.9 Å². The quantitative estimate of drug-likeness (QED) is 0.762. The van der Waals surface area contributed by atoms with Gasteiger partial charge in [-0.25, -0.2) is 4.79 Å². The van der Waals surface area contributed by atoms with Gasteiger partial charge in [0.05, 0.1) is 0 Å². The first-order valence-electron chi connectivity index (χ1n) is 5.52. The second kappa shape index (κ2) is 4.22. The highest BCUT2D eigenvalue weighted by molar-refractivity contribution is 5.88. The van der Waals surface area contributed by atoms with Gasteiger partial charge in [0.15, 0.2) is 6.10 Å². The van der Waals surface area contributed by atoms with Crippen molar-refractivity contribution in [2.24, 2.45) is 0 Å². The number of hydrogen-bond donors (Lipinski definition) is 3. The van der Waals surface area contributed by atoms with Crippen LogP contribution in [0.1, 0.15) is 37.0 Å². The van der Waals surface area contributed by atoms with Crippen molar-refractivity contribution in [1.29, 1.82) is 0 Å². The molecule has 0 bridgehead atoms. The summed E-state index contributed by atoms with van der Waals surface area (Å²) in [7, 11) is 0. The van der Waals surface area contributed by atoms with Gasteiger partial charge in [0.1, 0.15) is 0 Å². The van der Waals surface area contributed by atoms with Gasteiger partial charge in [-0.3, -0.25) is 0 Å². The van der Waals surface area contributed by atoms with Gasteiger partial charge < -0.3 is 15.2 Å². The van der Waals surface area contributed by atoms with Crippen LogP contribution in [0.15, 0.2) is 24.4 Å². The molecule has 0 saturated carbocycles. The average molecular weight is 233 g/mol. The largest absolute Gasteiger partial charge is 0.479 e. The van der Waals surface area contributed by atoms with Gasteiger partial charge in [-0.05, 0) is 17.5 Å². The van der Waals surface area contributed by atoms with E-state index in [0.29, 0.717) is 11.5 Å². The van der Waals surface area contributed by atoms with Crippen LogP contribution >= 0.6 is 0 Å². The summed E-state index contributed by atoms with van der Waals surface area (Å²) >= 11 is 0. The van der Waals surface area contributed by atoms with Gasteiger partial charge in [-0.1, -0.05) is 26.0 Å². The van der Waals surface area contributed by atoms with E-state index in [4.69, 9.17) is 5.11 Å². The van der Waals surface area contributed by atoms with Crippen LogP contribution in [0.4, 0.5) is 0 Å². The Morgan fingerprint density at radius 3 is 2.65 bits per heavy atom. The third-order valence-corrected chi connectivity index (χ3v) is 2.93. The third-order valence-electron chi connectivity index (χ3n) is 2.93.